The van der Waals surface area contributed by atoms with Gasteiger partial charge < -0.3 is 15.4 Å². The number of anilines is 1. The fourth-order valence-electron chi connectivity index (χ4n) is 3.07. The van der Waals surface area contributed by atoms with Crippen molar-refractivity contribution in [3.05, 3.63) is 71.4 Å². The summed E-state index contributed by atoms with van der Waals surface area (Å²) in [5, 5.41) is 5.61. The normalized spacial score (nSPS) is 11.9. The van der Waals surface area contributed by atoms with Crippen molar-refractivity contribution in [3.63, 3.8) is 0 Å². The van der Waals surface area contributed by atoms with Crippen molar-refractivity contribution < 1.29 is 23.1 Å². The number of carbonyl (C=O) groups is 2. The molecule has 0 aliphatic carbocycles. The first kappa shape index (κ1) is 24.5. The molecule has 0 aliphatic rings. The Morgan fingerprint density at radius 3 is 2.48 bits per heavy atom. The maximum Gasteiger partial charge on any atom is 0.248 e. The van der Waals surface area contributed by atoms with Gasteiger partial charge in [-0.1, -0.05) is 35.6 Å². The van der Waals surface area contributed by atoms with Crippen LogP contribution in [0.2, 0.25) is 0 Å². The predicted molar refractivity (Wildman–Crippen MR) is 124 cm³/mol. The van der Waals surface area contributed by atoms with E-state index in [2.05, 4.69) is 15.6 Å². The Labute approximate surface area is 195 Å². The molecule has 3 aromatic rings. The summed E-state index contributed by atoms with van der Waals surface area (Å²) >= 11 is 1.31. The minimum atomic E-state index is -0.866. The van der Waals surface area contributed by atoms with E-state index in [0.29, 0.717) is 11.7 Å². The molecule has 0 fully saturated rings. The van der Waals surface area contributed by atoms with Crippen LogP contribution in [-0.2, 0) is 27.4 Å². The number of hydrogen-bond donors (Lipinski definition) is 2. The fourth-order valence-corrected chi connectivity index (χ4v) is 3.95. The average Bonchev–Trinajstić information content (AvgIpc) is 3.19. The molecule has 0 unspecified atom stereocenters. The smallest absolute Gasteiger partial charge is 0.248 e. The first-order chi connectivity index (χ1) is 15.7. The Bertz CT molecular complexity index is 1110. The van der Waals surface area contributed by atoms with Gasteiger partial charge in [-0.05, 0) is 49.6 Å². The molecule has 2 aromatic carbocycles. The van der Waals surface area contributed by atoms with E-state index in [-0.39, 0.29) is 18.1 Å². The van der Waals surface area contributed by atoms with Gasteiger partial charge in [-0.25, -0.2) is 13.8 Å². The number of rotatable bonds is 9. The van der Waals surface area contributed by atoms with Crippen molar-refractivity contribution in [1.29, 1.82) is 0 Å². The van der Waals surface area contributed by atoms with Crippen LogP contribution < -0.4 is 10.6 Å². The molecule has 1 aromatic heterocycles. The third kappa shape index (κ3) is 7.16. The number of ether oxygens (including phenoxy) is 1. The maximum absolute atomic E-state index is 13.3. The van der Waals surface area contributed by atoms with Crippen LogP contribution in [-0.4, -0.2) is 28.9 Å². The Kier molecular flexibility index (Phi) is 8.24. The molecule has 2 N–H and O–H groups in total. The van der Waals surface area contributed by atoms with Crippen molar-refractivity contribution in [2.45, 2.75) is 45.9 Å². The first-order valence-electron chi connectivity index (χ1n) is 10.4. The molecule has 3 rings (SSSR count). The molecular formula is C24H25F2N3O3S. The monoisotopic (exact) mass is 473 g/mol. The Morgan fingerprint density at radius 1 is 1.09 bits per heavy atom. The van der Waals surface area contributed by atoms with E-state index in [1.165, 1.54) is 18.3 Å². The number of thiazole rings is 1. The molecule has 9 heteroatoms. The quantitative estimate of drug-likeness (QED) is 0.472. The number of aromatic nitrogens is 1. The molecular weight excluding hydrogens is 448 g/mol. The standard InChI is InChI=1S/C24H25F2N3O3S/c1-14(2)32-13-17-6-4-5-7-20(17)21-12-27-24(33-21)29-23(31)15(3)28-22(30)10-16-8-18(25)11-19(26)9-16/h4-9,11-12,14-15H,10,13H2,1-3H3,(H,28,30)(H,27,29,31)/t15-/m0/s1. The Balaban J connectivity index is 1.59. The zero-order valence-electron chi connectivity index (χ0n) is 18.5. The summed E-state index contributed by atoms with van der Waals surface area (Å²) < 4.78 is 32.3. The van der Waals surface area contributed by atoms with Crippen LogP contribution in [0.3, 0.4) is 0 Å². The fraction of sp³-hybridized carbons (Fsp3) is 0.292. The van der Waals surface area contributed by atoms with Crippen LogP contribution in [0.15, 0.2) is 48.7 Å². The number of hydrogen-bond acceptors (Lipinski definition) is 5. The van der Waals surface area contributed by atoms with E-state index in [1.807, 2.05) is 38.1 Å². The molecule has 2 amide bonds. The number of halogens is 2. The maximum atomic E-state index is 13.3. The number of nitrogens with one attached hydrogen (secondary N) is 2. The molecule has 0 bridgehead atoms. The van der Waals surface area contributed by atoms with E-state index in [4.69, 9.17) is 4.74 Å². The highest BCUT2D eigenvalue weighted by Gasteiger charge is 2.18. The highest BCUT2D eigenvalue weighted by Crippen LogP contribution is 2.32. The van der Waals surface area contributed by atoms with E-state index >= 15 is 0 Å². The van der Waals surface area contributed by atoms with Gasteiger partial charge in [-0.2, -0.15) is 0 Å². The van der Waals surface area contributed by atoms with Gasteiger partial charge in [0.05, 0.1) is 24.0 Å². The van der Waals surface area contributed by atoms with Crippen molar-refractivity contribution >= 4 is 28.3 Å². The van der Waals surface area contributed by atoms with Gasteiger partial charge in [0.15, 0.2) is 5.13 Å². The van der Waals surface area contributed by atoms with Gasteiger partial charge >= 0.3 is 0 Å². The number of nitrogens with zero attached hydrogens (tertiary/aromatic N) is 1. The van der Waals surface area contributed by atoms with Gasteiger partial charge in [-0.3, -0.25) is 9.59 Å². The summed E-state index contributed by atoms with van der Waals surface area (Å²) in [6.07, 6.45) is 1.53. The first-order valence-corrected chi connectivity index (χ1v) is 11.2. The molecule has 1 heterocycles. The average molecular weight is 474 g/mol. The zero-order valence-corrected chi connectivity index (χ0v) is 19.3. The summed E-state index contributed by atoms with van der Waals surface area (Å²) in [6, 6.07) is 9.84. The summed E-state index contributed by atoms with van der Waals surface area (Å²) in [5.74, 6) is -2.51. The molecule has 33 heavy (non-hydrogen) atoms. The van der Waals surface area contributed by atoms with Crippen LogP contribution in [0.4, 0.5) is 13.9 Å². The van der Waals surface area contributed by atoms with Gasteiger partial charge in [0, 0.05) is 12.3 Å². The van der Waals surface area contributed by atoms with Gasteiger partial charge in [0.1, 0.15) is 17.7 Å². The number of carbonyl (C=O) groups excluding carboxylic acids is 2. The summed E-state index contributed by atoms with van der Waals surface area (Å²) in [5.41, 5.74) is 2.17. The molecule has 0 aliphatic heterocycles. The molecule has 0 spiro atoms. The number of amides is 2. The number of benzene rings is 2. The SMILES string of the molecule is CC(C)OCc1ccccc1-c1cnc(NC(=O)[C@H](C)NC(=O)Cc2cc(F)cc(F)c2)s1. The Morgan fingerprint density at radius 2 is 1.79 bits per heavy atom. The van der Waals surface area contributed by atoms with E-state index < -0.39 is 29.5 Å². The topological polar surface area (TPSA) is 80.3 Å². The van der Waals surface area contributed by atoms with Gasteiger partial charge in [-0.15, -0.1) is 0 Å². The third-order valence-electron chi connectivity index (χ3n) is 4.65. The molecule has 6 nitrogen and oxygen atoms in total. The second kappa shape index (κ2) is 11.1. The third-order valence-corrected chi connectivity index (χ3v) is 5.59. The van der Waals surface area contributed by atoms with Gasteiger partial charge in [0.25, 0.3) is 0 Å². The van der Waals surface area contributed by atoms with E-state index in [0.717, 1.165) is 34.2 Å². The minimum Gasteiger partial charge on any atom is -0.374 e. The minimum absolute atomic E-state index is 0.103. The van der Waals surface area contributed by atoms with Crippen molar-refractivity contribution in [2.24, 2.45) is 0 Å². The van der Waals surface area contributed by atoms with Gasteiger partial charge in [0.2, 0.25) is 11.8 Å². The van der Waals surface area contributed by atoms with Crippen molar-refractivity contribution in [3.8, 4) is 10.4 Å². The summed E-state index contributed by atoms with van der Waals surface area (Å²) in [6.45, 7) is 5.93. The van der Waals surface area contributed by atoms with E-state index in [1.54, 1.807) is 6.20 Å². The summed E-state index contributed by atoms with van der Waals surface area (Å²) in [4.78, 5) is 29.8. The largest absolute Gasteiger partial charge is 0.374 e. The van der Waals surface area contributed by atoms with E-state index in [9.17, 15) is 18.4 Å². The second-order valence-corrected chi connectivity index (χ2v) is 8.81. The second-order valence-electron chi connectivity index (χ2n) is 7.78. The summed E-state index contributed by atoms with van der Waals surface area (Å²) in [7, 11) is 0. The van der Waals surface area contributed by atoms with Crippen LogP contribution >= 0.6 is 11.3 Å². The van der Waals surface area contributed by atoms with Crippen LogP contribution in [0, 0.1) is 11.6 Å². The lowest BCUT2D eigenvalue weighted by Crippen LogP contribution is -2.42. The zero-order chi connectivity index (χ0) is 24.0. The van der Waals surface area contributed by atoms with Crippen LogP contribution in [0.25, 0.3) is 10.4 Å². The Hall–Kier alpha value is -3.17. The van der Waals surface area contributed by atoms with Crippen LogP contribution in [0.5, 0.6) is 0 Å². The molecule has 0 saturated heterocycles. The van der Waals surface area contributed by atoms with Crippen LogP contribution in [0.1, 0.15) is 31.9 Å². The highest BCUT2D eigenvalue weighted by atomic mass is 32.1. The molecule has 1 atom stereocenters. The molecule has 0 saturated carbocycles. The predicted octanol–water partition coefficient (Wildman–Crippen LogP) is 4.70. The highest BCUT2D eigenvalue weighted by molar-refractivity contribution is 7.19. The lowest BCUT2D eigenvalue weighted by atomic mass is 10.1. The molecule has 174 valence electrons. The lowest BCUT2D eigenvalue weighted by Gasteiger charge is -2.13. The molecule has 0 radical (unpaired) electrons. The lowest BCUT2D eigenvalue weighted by molar-refractivity contribution is -0.125. The van der Waals surface area contributed by atoms with Crippen molar-refractivity contribution in [2.75, 3.05) is 5.32 Å². The van der Waals surface area contributed by atoms with Crippen molar-refractivity contribution in [1.82, 2.24) is 10.3 Å².